The minimum absolute atomic E-state index is 0.109. The molecule has 1 aromatic rings. The average molecular weight is 247 g/mol. The van der Waals surface area contributed by atoms with Gasteiger partial charge in [0.1, 0.15) is 6.61 Å². The van der Waals surface area contributed by atoms with Crippen LogP contribution in [0.2, 0.25) is 0 Å². The second-order valence-electron chi connectivity index (χ2n) is 3.81. The fourth-order valence-corrected chi connectivity index (χ4v) is 1.27. The molecule has 0 bridgehead atoms. The van der Waals surface area contributed by atoms with Gasteiger partial charge in [0.2, 0.25) is 0 Å². The molecule has 0 saturated carbocycles. The number of hydrogen-bond acceptors (Lipinski definition) is 2. The molecular weight excluding hydrogens is 231 g/mol. The zero-order valence-electron chi connectivity index (χ0n) is 9.68. The molecule has 2 nitrogen and oxygen atoms in total. The number of nitrogens with one attached hydrogen (secondary N) is 1. The van der Waals surface area contributed by atoms with Gasteiger partial charge in [0, 0.05) is 18.8 Å². The van der Waals surface area contributed by atoms with Gasteiger partial charge < -0.3 is 10.1 Å². The second-order valence-corrected chi connectivity index (χ2v) is 3.81. The van der Waals surface area contributed by atoms with E-state index in [1.807, 2.05) is 31.2 Å². The normalized spacial score (nSPS) is 11.5. The minimum Gasteiger partial charge on any atom is -0.385 e. The van der Waals surface area contributed by atoms with Gasteiger partial charge in [-0.1, -0.05) is 17.7 Å². The lowest BCUT2D eigenvalue weighted by atomic mass is 10.2. The predicted molar refractivity (Wildman–Crippen MR) is 61.2 cm³/mol. The molecule has 0 fully saturated rings. The van der Waals surface area contributed by atoms with Crippen molar-refractivity contribution < 1.29 is 17.9 Å². The number of ether oxygens (including phenoxy) is 1. The second kappa shape index (κ2) is 6.49. The van der Waals surface area contributed by atoms with Crippen molar-refractivity contribution in [1.29, 1.82) is 0 Å². The molecule has 96 valence electrons. The van der Waals surface area contributed by atoms with Crippen LogP contribution in [0.15, 0.2) is 24.3 Å². The Labute approximate surface area is 98.8 Å². The van der Waals surface area contributed by atoms with Gasteiger partial charge in [-0.05, 0) is 25.5 Å². The Morgan fingerprint density at radius 2 is 1.82 bits per heavy atom. The van der Waals surface area contributed by atoms with Gasteiger partial charge in [0.15, 0.2) is 0 Å². The molecular formula is C12H16F3NO. The molecule has 0 aliphatic carbocycles. The Morgan fingerprint density at radius 1 is 1.18 bits per heavy atom. The Hall–Kier alpha value is -1.23. The van der Waals surface area contributed by atoms with Crippen molar-refractivity contribution in [2.75, 3.05) is 25.1 Å². The highest BCUT2D eigenvalue weighted by Gasteiger charge is 2.27. The quantitative estimate of drug-likeness (QED) is 0.778. The zero-order chi connectivity index (χ0) is 12.7. The largest absolute Gasteiger partial charge is 0.411 e. The van der Waals surface area contributed by atoms with Crippen LogP contribution < -0.4 is 5.32 Å². The molecule has 0 amide bonds. The minimum atomic E-state index is -4.23. The first-order valence-electron chi connectivity index (χ1n) is 5.42. The monoisotopic (exact) mass is 247 g/mol. The molecule has 0 aromatic heterocycles. The van der Waals surface area contributed by atoms with Crippen molar-refractivity contribution >= 4 is 5.69 Å². The van der Waals surface area contributed by atoms with Gasteiger partial charge in [-0.25, -0.2) is 0 Å². The Bertz CT molecular complexity index is 322. The average Bonchev–Trinajstić information content (AvgIpc) is 2.24. The molecule has 0 heterocycles. The Balaban J connectivity index is 2.07. The van der Waals surface area contributed by atoms with Crippen molar-refractivity contribution in [3.05, 3.63) is 29.8 Å². The number of benzene rings is 1. The van der Waals surface area contributed by atoms with Gasteiger partial charge in [-0.15, -0.1) is 0 Å². The fourth-order valence-electron chi connectivity index (χ4n) is 1.27. The van der Waals surface area contributed by atoms with Crippen LogP contribution in [-0.2, 0) is 4.74 Å². The SMILES string of the molecule is Cc1ccc(NCCCOCC(F)(F)F)cc1. The first-order valence-corrected chi connectivity index (χ1v) is 5.42. The summed E-state index contributed by atoms with van der Waals surface area (Å²) in [6.07, 6.45) is -3.69. The lowest BCUT2D eigenvalue weighted by Crippen LogP contribution is -2.18. The molecule has 0 aliphatic heterocycles. The Morgan fingerprint density at radius 3 is 2.41 bits per heavy atom. The summed E-state index contributed by atoms with van der Waals surface area (Å²) in [5, 5.41) is 3.11. The van der Waals surface area contributed by atoms with Gasteiger partial charge in [-0.2, -0.15) is 13.2 Å². The van der Waals surface area contributed by atoms with Gasteiger partial charge in [-0.3, -0.25) is 0 Å². The highest BCUT2D eigenvalue weighted by molar-refractivity contribution is 5.44. The third-order valence-electron chi connectivity index (χ3n) is 2.11. The highest BCUT2D eigenvalue weighted by Crippen LogP contribution is 2.14. The smallest absolute Gasteiger partial charge is 0.385 e. The van der Waals surface area contributed by atoms with Crippen molar-refractivity contribution in [2.24, 2.45) is 0 Å². The van der Waals surface area contributed by atoms with Crippen LogP contribution in [0.1, 0.15) is 12.0 Å². The molecule has 1 aromatic carbocycles. The number of anilines is 1. The van der Waals surface area contributed by atoms with Crippen molar-refractivity contribution in [3.63, 3.8) is 0 Å². The van der Waals surface area contributed by atoms with Crippen LogP contribution in [0, 0.1) is 6.92 Å². The summed E-state index contributed by atoms with van der Waals surface area (Å²) in [6.45, 7) is 1.53. The zero-order valence-corrected chi connectivity index (χ0v) is 9.68. The standard InChI is InChI=1S/C12H16F3NO/c1-10-3-5-11(6-4-10)16-7-2-8-17-9-12(13,14)15/h3-6,16H,2,7-9H2,1H3. The van der Waals surface area contributed by atoms with Gasteiger partial charge >= 0.3 is 6.18 Å². The van der Waals surface area contributed by atoms with E-state index in [1.165, 1.54) is 5.56 Å². The number of hydrogen-bond donors (Lipinski definition) is 1. The van der Waals surface area contributed by atoms with E-state index < -0.39 is 12.8 Å². The van der Waals surface area contributed by atoms with Crippen LogP contribution in [0.4, 0.5) is 18.9 Å². The van der Waals surface area contributed by atoms with Crippen LogP contribution in [0.25, 0.3) is 0 Å². The first kappa shape index (κ1) is 13.8. The summed E-state index contributed by atoms with van der Waals surface area (Å²) in [6, 6.07) is 7.82. The molecule has 0 saturated heterocycles. The fraction of sp³-hybridized carbons (Fsp3) is 0.500. The topological polar surface area (TPSA) is 21.3 Å². The van der Waals surface area contributed by atoms with E-state index in [-0.39, 0.29) is 6.61 Å². The van der Waals surface area contributed by atoms with Crippen LogP contribution in [0.5, 0.6) is 0 Å². The van der Waals surface area contributed by atoms with Crippen molar-refractivity contribution in [3.8, 4) is 0 Å². The van der Waals surface area contributed by atoms with Crippen molar-refractivity contribution in [1.82, 2.24) is 0 Å². The molecule has 17 heavy (non-hydrogen) atoms. The van der Waals surface area contributed by atoms with E-state index in [0.29, 0.717) is 13.0 Å². The van der Waals surface area contributed by atoms with E-state index in [4.69, 9.17) is 0 Å². The maximum Gasteiger partial charge on any atom is 0.411 e. The lowest BCUT2D eigenvalue weighted by molar-refractivity contribution is -0.173. The third-order valence-corrected chi connectivity index (χ3v) is 2.11. The first-order chi connectivity index (χ1) is 7.97. The maximum atomic E-state index is 11.7. The number of halogens is 3. The van der Waals surface area contributed by atoms with Gasteiger partial charge in [0.05, 0.1) is 0 Å². The van der Waals surface area contributed by atoms with Crippen molar-refractivity contribution in [2.45, 2.75) is 19.5 Å². The summed E-state index contributed by atoms with van der Waals surface area (Å²) in [7, 11) is 0. The molecule has 0 unspecified atom stereocenters. The molecule has 1 N–H and O–H groups in total. The number of aryl methyl sites for hydroxylation is 1. The molecule has 0 aliphatic rings. The maximum absolute atomic E-state index is 11.7. The van der Waals surface area contributed by atoms with Crippen LogP contribution in [-0.4, -0.2) is 25.9 Å². The van der Waals surface area contributed by atoms with E-state index >= 15 is 0 Å². The predicted octanol–water partition coefficient (Wildman–Crippen LogP) is 3.38. The summed E-state index contributed by atoms with van der Waals surface area (Å²) in [5.74, 6) is 0. The summed E-state index contributed by atoms with van der Waals surface area (Å²) in [5.41, 5.74) is 2.13. The van der Waals surface area contributed by atoms with E-state index in [0.717, 1.165) is 5.69 Å². The lowest BCUT2D eigenvalue weighted by Gasteiger charge is -2.09. The van der Waals surface area contributed by atoms with Gasteiger partial charge in [0.25, 0.3) is 0 Å². The summed E-state index contributed by atoms with van der Waals surface area (Å²) in [4.78, 5) is 0. The number of alkyl halides is 3. The third kappa shape index (κ3) is 6.84. The van der Waals surface area contributed by atoms with Crippen LogP contribution >= 0.6 is 0 Å². The highest BCUT2D eigenvalue weighted by atomic mass is 19.4. The molecule has 1 rings (SSSR count). The molecule has 0 radical (unpaired) electrons. The van der Waals surface area contributed by atoms with E-state index in [2.05, 4.69) is 10.1 Å². The number of rotatable bonds is 6. The summed E-state index contributed by atoms with van der Waals surface area (Å²) < 4.78 is 39.7. The van der Waals surface area contributed by atoms with E-state index in [1.54, 1.807) is 0 Å². The molecule has 0 atom stereocenters. The molecule has 0 spiro atoms. The molecule has 5 heteroatoms. The van der Waals surface area contributed by atoms with Crippen LogP contribution in [0.3, 0.4) is 0 Å². The summed E-state index contributed by atoms with van der Waals surface area (Å²) >= 11 is 0. The Kier molecular flexibility index (Phi) is 5.28. The van der Waals surface area contributed by atoms with E-state index in [9.17, 15) is 13.2 Å².